The Morgan fingerprint density at radius 1 is 1.27 bits per heavy atom. The van der Waals surface area contributed by atoms with Gasteiger partial charge in [-0.15, -0.1) is 5.53 Å². The van der Waals surface area contributed by atoms with Gasteiger partial charge in [0, 0.05) is 17.2 Å². The number of nitrogens with one attached hydrogen (secondary N) is 4. The average Bonchev–Trinajstić information content (AvgIpc) is 3.07. The maximum absolute atomic E-state index is 14.0. The van der Waals surface area contributed by atoms with E-state index in [1.54, 1.807) is 0 Å². The molecule has 0 bridgehead atoms. The number of hydrazine groups is 2. The van der Waals surface area contributed by atoms with Gasteiger partial charge in [0.15, 0.2) is 11.6 Å². The van der Waals surface area contributed by atoms with Crippen LogP contribution in [0, 0.1) is 5.82 Å². The number of benzene rings is 1. The monoisotopic (exact) mass is 361 g/mol. The van der Waals surface area contributed by atoms with Crippen molar-refractivity contribution < 1.29 is 18.7 Å². The highest BCUT2D eigenvalue weighted by molar-refractivity contribution is 5.96. The zero-order valence-corrected chi connectivity index (χ0v) is 13.4. The van der Waals surface area contributed by atoms with E-state index in [2.05, 4.69) is 26.7 Å². The van der Waals surface area contributed by atoms with Gasteiger partial charge >= 0.3 is 0 Å². The zero-order chi connectivity index (χ0) is 18.7. The Labute approximate surface area is 147 Å². The molecule has 10 nitrogen and oxygen atoms in total. The number of primary amides is 1. The number of ether oxygens (including phenoxy) is 1. The van der Waals surface area contributed by atoms with Crippen LogP contribution >= 0.6 is 0 Å². The number of carbonyl (C=O) groups is 2. The lowest BCUT2D eigenvalue weighted by Crippen LogP contribution is -2.33. The Kier molecular flexibility index (Phi) is 4.71. The van der Waals surface area contributed by atoms with Crippen LogP contribution in [0.4, 0.5) is 21.7 Å². The van der Waals surface area contributed by atoms with Gasteiger partial charge in [-0.2, -0.15) is 0 Å². The third-order valence-electron chi connectivity index (χ3n) is 3.49. The van der Waals surface area contributed by atoms with Crippen LogP contribution in [0.5, 0.6) is 5.75 Å². The predicted molar refractivity (Wildman–Crippen MR) is 91.3 cm³/mol. The van der Waals surface area contributed by atoms with Gasteiger partial charge in [-0.05, 0) is 18.2 Å². The van der Waals surface area contributed by atoms with E-state index in [4.69, 9.17) is 16.2 Å². The van der Waals surface area contributed by atoms with E-state index in [0.717, 1.165) is 6.07 Å². The first-order chi connectivity index (χ1) is 12.4. The van der Waals surface area contributed by atoms with E-state index in [-0.39, 0.29) is 30.1 Å². The summed E-state index contributed by atoms with van der Waals surface area (Å²) in [5, 5.41) is 2.33. The average molecular weight is 361 g/mol. The normalized spacial score (nSPS) is 11.9. The van der Waals surface area contributed by atoms with Crippen molar-refractivity contribution in [3.8, 4) is 5.75 Å². The van der Waals surface area contributed by atoms with Crippen molar-refractivity contribution in [2.75, 3.05) is 23.1 Å². The number of nitrogens with zero attached hydrogens (tertiary/aromatic N) is 1. The van der Waals surface area contributed by atoms with Crippen LogP contribution < -0.4 is 37.9 Å². The molecule has 2 heterocycles. The lowest BCUT2D eigenvalue weighted by molar-refractivity contribution is -0.117. The number of nitrogens with two attached hydrogens (primary N) is 2. The smallest absolute Gasteiger partial charge is 0.251 e. The third kappa shape index (κ3) is 3.72. The second kappa shape index (κ2) is 7.11. The lowest BCUT2D eigenvalue weighted by atomic mass is 10.1. The van der Waals surface area contributed by atoms with Gasteiger partial charge in [0.05, 0.1) is 6.54 Å². The first kappa shape index (κ1) is 17.2. The van der Waals surface area contributed by atoms with Crippen molar-refractivity contribution in [2.24, 2.45) is 5.73 Å². The summed E-state index contributed by atoms with van der Waals surface area (Å²) in [4.78, 5) is 26.7. The van der Waals surface area contributed by atoms with E-state index in [0.29, 0.717) is 17.3 Å². The highest BCUT2D eigenvalue weighted by Gasteiger charge is 2.18. The minimum atomic E-state index is -0.678. The number of carbonyl (C=O) groups excluding carboxylic acids is 2. The van der Waals surface area contributed by atoms with Crippen molar-refractivity contribution in [1.82, 2.24) is 15.8 Å². The highest BCUT2D eigenvalue weighted by Crippen LogP contribution is 2.35. The number of pyridine rings is 1. The molecule has 0 fully saturated rings. The summed E-state index contributed by atoms with van der Waals surface area (Å²) < 4.78 is 19.7. The summed E-state index contributed by atoms with van der Waals surface area (Å²) in [6.45, 7) is -0.462. The van der Waals surface area contributed by atoms with Gasteiger partial charge in [0.25, 0.3) is 5.91 Å². The zero-order valence-electron chi connectivity index (χ0n) is 13.4. The third-order valence-corrected chi connectivity index (χ3v) is 3.49. The SMILES string of the molecule is NC(=O)CNC(=O)c1ccc(F)c(COc2cc(N)nc3c2NNN3)c1. The van der Waals surface area contributed by atoms with Crippen molar-refractivity contribution >= 4 is 29.1 Å². The second-order valence-corrected chi connectivity index (χ2v) is 5.39. The van der Waals surface area contributed by atoms with Gasteiger partial charge in [0.2, 0.25) is 5.91 Å². The number of hydrogen-bond acceptors (Lipinski definition) is 8. The molecule has 0 atom stereocenters. The molecule has 1 aromatic heterocycles. The molecule has 0 saturated carbocycles. The molecule has 11 heteroatoms. The van der Waals surface area contributed by atoms with E-state index in [1.165, 1.54) is 18.2 Å². The fourth-order valence-electron chi connectivity index (χ4n) is 2.27. The minimum absolute atomic E-state index is 0.152. The minimum Gasteiger partial charge on any atom is -0.486 e. The standard InChI is InChI=1S/C15H16FN7O3/c16-9-2-1-7(15(25)19-5-12(18)24)3-8(9)6-26-10-4-11(17)20-14-13(10)21-23-22-14/h1-4,21,23H,5-6H2,(H2,18,24)(H,19,25)(H3,17,20,22). The number of nitrogen functional groups attached to an aromatic ring is 1. The first-order valence-corrected chi connectivity index (χ1v) is 7.49. The Hall–Kier alpha value is -3.60. The quantitative estimate of drug-likeness (QED) is 0.415. The summed E-state index contributed by atoms with van der Waals surface area (Å²) in [5.41, 5.74) is 19.7. The summed E-state index contributed by atoms with van der Waals surface area (Å²) in [5.74, 6) is -0.749. The molecule has 1 aliphatic rings. The fourth-order valence-corrected chi connectivity index (χ4v) is 2.27. The Morgan fingerprint density at radius 2 is 2.08 bits per heavy atom. The summed E-state index contributed by atoms with van der Waals surface area (Å²) in [6, 6.07) is 5.26. The molecule has 0 radical (unpaired) electrons. The van der Waals surface area contributed by atoms with E-state index >= 15 is 0 Å². The Bertz CT molecular complexity index is 875. The Balaban J connectivity index is 1.75. The number of fused-ring (bicyclic) bond motifs is 1. The molecule has 26 heavy (non-hydrogen) atoms. The molecule has 2 aromatic rings. The summed E-state index contributed by atoms with van der Waals surface area (Å²) in [7, 11) is 0. The molecule has 2 amide bonds. The molecule has 3 rings (SSSR count). The summed E-state index contributed by atoms with van der Waals surface area (Å²) >= 11 is 0. The van der Waals surface area contributed by atoms with Gasteiger partial charge in [-0.3, -0.25) is 20.4 Å². The largest absolute Gasteiger partial charge is 0.486 e. The van der Waals surface area contributed by atoms with E-state index < -0.39 is 17.6 Å². The van der Waals surface area contributed by atoms with E-state index in [1.807, 2.05) is 0 Å². The molecule has 1 aromatic carbocycles. The number of anilines is 3. The van der Waals surface area contributed by atoms with Crippen molar-refractivity contribution in [3.63, 3.8) is 0 Å². The number of hydrogen-bond donors (Lipinski definition) is 6. The van der Waals surface area contributed by atoms with E-state index in [9.17, 15) is 14.0 Å². The maximum atomic E-state index is 14.0. The Morgan fingerprint density at radius 3 is 2.85 bits per heavy atom. The molecular weight excluding hydrogens is 345 g/mol. The molecule has 0 unspecified atom stereocenters. The first-order valence-electron chi connectivity index (χ1n) is 7.49. The topological polar surface area (TPSA) is 156 Å². The molecule has 8 N–H and O–H groups in total. The van der Waals surface area contributed by atoms with Crippen LogP contribution in [0.15, 0.2) is 24.3 Å². The van der Waals surface area contributed by atoms with Crippen LogP contribution in [0.3, 0.4) is 0 Å². The van der Waals surface area contributed by atoms with Crippen LogP contribution in [0.1, 0.15) is 15.9 Å². The van der Waals surface area contributed by atoms with Crippen LogP contribution in [0.2, 0.25) is 0 Å². The van der Waals surface area contributed by atoms with Crippen LogP contribution in [0.25, 0.3) is 0 Å². The molecule has 0 saturated heterocycles. The number of amides is 2. The van der Waals surface area contributed by atoms with Gasteiger partial charge in [-0.25, -0.2) is 9.37 Å². The molecular formula is C15H16FN7O3. The number of halogens is 1. The van der Waals surface area contributed by atoms with Crippen LogP contribution in [-0.4, -0.2) is 23.3 Å². The molecule has 0 spiro atoms. The number of rotatable bonds is 6. The second-order valence-electron chi connectivity index (χ2n) is 5.39. The molecule has 136 valence electrons. The molecule has 1 aliphatic heterocycles. The fraction of sp³-hybridized carbons (Fsp3) is 0.133. The van der Waals surface area contributed by atoms with Gasteiger partial charge in [0.1, 0.15) is 23.9 Å². The van der Waals surface area contributed by atoms with Gasteiger partial charge < -0.3 is 21.5 Å². The number of aromatic nitrogens is 1. The van der Waals surface area contributed by atoms with Crippen LogP contribution in [-0.2, 0) is 11.4 Å². The molecule has 0 aliphatic carbocycles. The van der Waals surface area contributed by atoms with Crippen molar-refractivity contribution in [1.29, 1.82) is 0 Å². The van der Waals surface area contributed by atoms with Gasteiger partial charge in [-0.1, -0.05) is 0 Å². The lowest BCUT2D eigenvalue weighted by Gasteiger charge is -2.12. The highest BCUT2D eigenvalue weighted by atomic mass is 19.1. The maximum Gasteiger partial charge on any atom is 0.251 e. The van der Waals surface area contributed by atoms with Crippen molar-refractivity contribution in [3.05, 3.63) is 41.2 Å². The summed E-state index contributed by atoms with van der Waals surface area (Å²) in [6.07, 6.45) is 0. The van der Waals surface area contributed by atoms with Crippen molar-refractivity contribution in [2.45, 2.75) is 6.61 Å². The predicted octanol–water partition coefficient (Wildman–Crippen LogP) is -0.146.